The van der Waals surface area contributed by atoms with Gasteiger partial charge in [0.05, 0.1) is 110 Å². The lowest BCUT2D eigenvalue weighted by Crippen LogP contribution is -2.48. The number of nitrogens with one attached hydrogen (secondary N) is 6. The van der Waals surface area contributed by atoms with E-state index < -0.39 is 29.9 Å². The van der Waals surface area contributed by atoms with E-state index in [1.165, 1.54) is 30.6 Å². The van der Waals surface area contributed by atoms with Crippen LogP contribution < -0.4 is 16.0 Å². The van der Waals surface area contributed by atoms with Crippen molar-refractivity contribution >= 4 is 69.2 Å². The molecule has 0 spiro atoms. The number of piperazine rings is 1. The number of aromatic nitrogens is 14. The summed E-state index contributed by atoms with van der Waals surface area (Å²) in [6.07, 6.45) is 11.7. The van der Waals surface area contributed by atoms with Gasteiger partial charge in [-0.3, -0.25) is 55.5 Å². The summed E-state index contributed by atoms with van der Waals surface area (Å²) in [6, 6.07) is 27.7. The standard InChI is InChI=1S/C27H32N8O2.C25H25FN6O3.C24H24FN7O3/c1-4-37-27(36)33-26-31-23-14-19(13-21(25(23)32-26)22-7-5-6-8-28-22)20-15-29-24(30-16-20)17-34-9-11-35(12-10-34)18(2)3;1-2-35-25(33)31-24-29-22-12-17(11-20(23(22)30-24)21-6-4-18(26)14-28-21)16-3-5-19(27-13-16)15-32-7-9-34-10-8-32;1-2-35-24(33)31-23-29-19-11-15(10-17(22(19)30-23)21-18(25)4-3-5-26-21)16-12-27-20(28-13-16)14-32-6-8-34-9-7-32/h5-8,13-16,18H,4,9-12,17H2,1-3H3,(H2,31,32,33,36);3-6,11-14H,2,7-10,15H2,1H3,(H2,29,30,31,33);3-5,10-13H,2,6-9,14H2,1H3,(H2,29,30,31,33). The molecule has 107 heavy (non-hydrogen) atoms. The van der Waals surface area contributed by atoms with Gasteiger partial charge < -0.3 is 38.6 Å². The maximum absolute atomic E-state index is 14.7. The number of aromatic amines is 3. The first-order valence-corrected chi connectivity index (χ1v) is 35.4. The van der Waals surface area contributed by atoms with Gasteiger partial charge in [-0.1, -0.05) is 12.1 Å². The predicted octanol–water partition coefficient (Wildman–Crippen LogP) is 12.0. The van der Waals surface area contributed by atoms with Gasteiger partial charge in [-0.05, 0) is 130 Å². The first-order valence-electron chi connectivity index (χ1n) is 35.4. The lowest BCUT2D eigenvalue weighted by atomic mass is 10.0. The van der Waals surface area contributed by atoms with Crippen molar-refractivity contribution in [2.75, 3.05) is 115 Å². The third-order valence-electron chi connectivity index (χ3n) is 17.9. The molecule has 0 atom stereocenters. The van der Waals surface area contributed by atoms with Gasteiger partial charge >= 0.3 is 18.3 Å². The second kappa shape index (κ2) is 34.9. The van der Waals surface area contributed by atoms with Gasteiger partial charge in [-0.2, -0.15) is 0 Å². The van der Waals surface area contributed by atoms with Gasteiger partial charge in [-0.25, -0.2) is 58.1 Å². The lowest BCUT2D eigenvalue weighted by molar-refractivity contribution is 0.0330. The number of carbonyl (C=O) groups is 3. The van der Waals surface area contributed by atoms with Crippen LogP contribution >= 0.6 is 0 Å². The van der Waals surface area contributed by atoms with Crippen LogP contribution in [0.4, 0.5) is 41.0 Å². The van der Waals surface area contributed by atoms with Gasteiger partial charge in [-0.15, -0.1) is 0 Å². The topological polar surface area (TPSA) is 336 Å². The summed E-state index contributed by atoms with van der Waals surface area (Å²) in [5, 5.41) is 7.79. The van der Waals surface area contributed by atoms with Crippen LogP contribution in [0.25, 0.3) is 100 Å². The summed E-state index contributed by atoms with van der Waals surface area (Å²) in [4.78, 5) is 104. The minimum atomic E-state index is -0.637. The summed E-state index contributed by atoms with van der Waals surface area (Å²) in [6.45, 7) is 23.2. The number of halogens is 2. The molecular weight excluding hydrogens is 1370 g/mol. The summed E-state index contributed by atoms with van der Waals surface area (Å²) in [5.41, 5.74) is 13.4. The molecule has 0 aliphatic carbocycles. The third kappa shape index (κ3) is 18.9. The maximum atomic E-state index is 14.7. The van der Waals surface area contributed by atoms with Crippen molar-refractivity contribution in [2.24, 2.45) is 0 Å². The van der Waals surface area contributed by atoms with E-state index in [0.717, 1.165) is 146 Å². The van der Waals surface area contributed by atoms with Crippen molar-refractivity contribution in [1.82, 2.24) is 89.4 Å². The second-order valence-corrected chi connectivity index (χ2v) is 25.5. The average molecular weight is 1450 g/mol. The molecule has 31 heteroatoms. The largest absolute Gasteiger partial charge is 0.450 e. The summed E-state index contributed by atoms with van der Waals surface area (Å²) < 4.78 is 53.9. The lowest BCUT2D eigenvalue weighted by Gasteiger charge is -2.36. The number of morpholine rings is 2. The number of benzene rings is 3. The Bertz CT molecular complexity index is 4990. The van der Waals surface area contributed by atoms with E-state index in [0.29, 0.717) is 76.2 Å². The summed E-state index contributed by atoms with van der Waals surface area (Å²) in [7, 11) is 0. The quantitative estimate of drug-likeness (QED) is 0.0410. The Labute approximate surface area is 614 Å². The summed E-state index contributed by atoms with van der Waals surface area (Å²) in [5.74, 6) is 1.37. The molecule has 3 fully saturated rings. The molecule has 15 rings (SSSR count). The molecule has 0 radical (unpaired) electrons. The zero-order chi connectivity index (χ0) is 74.2. The van der Waals surface area contributed by atoms with Crippen LogP contribution in [0.15, 0.2) is 141 Å². The molecule has 0 unspecified atom stereocenters. The second-order valence-electron chi connectivity index (χ2n) is 25.5. The third-order valence-corrected chi connectivity index (χ3v) is 17.9. The van der Waals surface area contributed by atoms with E-state index in [2.05, 4.69) is 119 Å². The molecule has 3 aromatic carbocycles. The number of nitrogens with zero attached hydrogens (tertiary/aromatic N) is 15. The van der Waals surface area contributed by atoms with Crippen LogP contribution in [-0.2, 0) is 43.3 Å². The molecule has 3 aliphatic heterocycles. The molecule has 3 aliphatic rings. The van der Waals surface area contributed by atoms with E-state index in [4.69, 9.17) is 23.7 Å². The molecular formula is C76H81F2N21O8. The fourth-order valence-electron chi connectivity index (χ4n) is 12.5. The van der Waals surface area contributed by atoms with Crippen LogP contribution in [0.2, 0.25) is 0 Å². The van der Waals surface area contributed by atoms with Gasteiger partial charge in [0.25, 0.3) is 0 Å². The van der Waals surface area contributed by atoms with Crippen molar-refractivity contribution in [2.45, 2.75) is 60.3 Å². The highest BCUT2D eigenvalue weighted by Gasteiger charge is 2.24. The Morgan fingerprint density at radius 1 is 0.458 bits per heavy atom. The Morgan fingerprint density at radius 3 is 1.36 bits per heavy atom. The van der Waals surface area contributed by atoms with E-state index in [-0.39, 0.29) is 37.4 Å². The molecule has 9 aromatic heterocycles. The Kier molecular flexibility index (Phi) is 24.0. The first-order chi connectivity index (χ1) is 52.2. The number of rotatable bonds is 19. The molecule has 3 amide bonds. The molecule has 0 saturated carbocycles. The van der Waals surface area contributed by atoms with Crippen LogP contribution in [0.5, 0.6) is 0 Å². The number of hydrogen-bond acceptors (Lipinski definition) is 23. The minimum Gasteiger partial charge on any atom is -0.450 e. The number of carbonyl (C=O) groups excluding carboxylic acids is 3. The fraction of sp³-hybridized carbons (Fsp3) is 0.316. The highest BCUT2D eigenvalue weighted by Crippen LogP contribution is 2.37. The number of pyridine rings is 4. The maximum Gasteiger partial charge on any atom is 0.413 e. The highest BCUT2D eigenvalue weighted by molar-refractivity contribution is 6.00. The number of H-pyrrole nitrogens is 3. The van der Waals surface area contributed by atoms with Crippen LogP contribution in [0.1, 0.15) is 52.0 Å². The molecule has 12 aromatic rings. The SMILES string of the molecule is CCOC(=O)Nc1nc2c(-c3ccc(F)cn3)cc(-c3ccc(CN4CCOCC4)nc3)cc2[nH]1.CCOC(=O)Nc1nc2c(-c3ccccn3)cc(-c3cnc(CN4CCN(C(C)C)CC4)nc3)cc2[nH]1.CCOC(=O)Nc1nc2c(-c3ncccc3F)cc(-c3cnc(CN4CCOCC4)nc3)cc2[nH]1. The fourth-order valence-corrected chi connectivity index (χ4v) is 12.5. The number of fused-ring (bicyclic) bond motifs is 3. The average Bonchev–Trinajstić information content (AvgIpc) is 1.68. The number of anilines is 3. The Morgan fingerprint density at radius 2 is 0.916 bits per heavy atom. The molecule has 12 heterocycles. The van der Waals surface area contributed by atoms with Crippen molar-refractivity contribution in [3.63, 3.8) is 0 Å². The van der Waals surface area contributed by atoms with Crippen molar-refractivity contribution < 1.29 is 46.8 Å². The summed E-state index contributed by atoms with van der Waals surface area (Å²) >= 11 is 0. The highest BCUT2D eigenvalue weighted by atomic mass is 19.1. The van der Waals surface area contributed by atoms with E-state index in [1.54, 1.807) is 51.5 Å². The van der Waals surface area contributed by atoms with Crippen molar-refractivity contribution in [3.8, 4) is 67.2 Å². The smallest absolute Gasteiger partial charge is 0.413 e. The monoisotopic (exact) mass is 1450 g/mol. The van der Waals surface area contributed by atoms with Gasteiger partial charge in [0.15, 0.2) is 0 Å². The Hall–Kier alpha value is -11.7. The van der Waals surface area contributed by atoms with Crippen LogP contribution in [-0.4, -0.2) is 212 Å². The van der Waals surface area contributed by atoms with Crippen LogP contribution in [0.3, 0.4) is 0 Å². The number of imidazole rings is 3. The molecule has 0 bridgehead atoms. The zero-order valence-electron chi connectivity index (χ0n) is 59.8. The normalized spacial score (nSPS) is 14.4. The zero-order valence-corrected chi connectivity index (χ0v) is 59.8. The number of ether oxygens (including phenoxy) is 5. The van der Waals surface area contributed by atoms with Crippen molar-refractivity contribution in [1.29, 1.82) is 0 Å². The van der Waals surface area contributed by atoms with E-state index >= 15 is 0 Å². The predicted molar refractivity (Wildman–Crippen MR) is 399 cm³/mol. The molecule has 3 saturated heterocycles. The van der Waals surface area contributed by atoms with Gasteiger partial charge in [0.1, 0.15) is 34.5 Å². The minimum absolute atomic E-state index is 0.151. The van der Waals surface area contributed by atoms with Gasteiger partial charge in [0, 0.05) is 142 Å². The number of amides is 3. The first kappa shape index (κ1) is 73.6. The van der Waals surface area contributed by atoms with Crippen LogP contribution in [0, 0.1) is 11.6 Å². The molecule has 29 nitrogen and oxygen atoms in total. The van der Waals surface area contributed by atoms with E-state index in [1.807, 2.05) is 79.3 Å². The van der Waals surface area contributed by atoms with Gasteiger partial charge in [0.2, 0.25) is 17.8 Å². The number of hydrogen-bond donors (Lipinski definition) is 6. The Balaban J connectivity index is 0.000000142. The molecule has 6 N–H and O–H groups in total. The molecule has 552 valence electrons. The van der Waals surface area contributed by atoms with E-state index in [9.17, 15) is 23.2 Å². The van der Waals surface area contributed by atoms with Crippen molar-refractivity contribution in [3.05, 3.63) is 170 Å².